The molecule has 0 amide bonds. The first-order valence-corrected chi connectivity index (χ1v) is 10.5. The van der Waals surface area contributed by atoms with Crippen LogP contribution in [0.5, 0.6) is 11.5 Å². The van der Waals surface area contributed by atoms with Crippen LogP contribution < -0.4 is 20.1 Å². The molecule has 6 heteroatoms. The van der Waals surface area contributed by atoms with Crippen LogP contribution in [0.4, 0.5) is 0 Å². The molecule has 0 heterocycles. The fraction of sp³-hybridized carbons (Fsp3) is 0.609. The summed E-state index contributed by atoms with van der Waals surface area (Å²) in [7, 11) is 3.29. The van der Waals surface area contributed by atoms with Gasteiger partial charge in [-0.3, -0.25) is 0 Å². The highest BCUT2D eigenvalue weighted by atomic mass is 16.5. The SMILES string of the molecule is C=CCc1cc(CN=C(NCC)NCC(CCO)CC(C)C)cc(OC)c1OC. The Labute approximate surface area is 176 Å². The molecule has 1 rings (SSSR count). The third-order valence-corrected chi connectivity index (χ3v) is 4.64. The van der Waals surface area contributed by atoms with Crippen LogP contribution in [-0.4, -0.2) is 45.0 Å². The van der Waals surface area contributed by atoms with Crippen molar-refractivity contribution < 1.29 is 14.6 Å². The van der Waals surface area contributed by atoms with Crippen LogP contribution in [0.3, 0.4) is 0 Å². The minimum atomic E-state index is 0.213. The van der Waals surface area contributed by atoms with Gasteiger partial charge in [-0.2, -0.15) is 0 Å². The van der Waals surface area contributed by atoms with E-state index in [1.54, 1.807) is 14.2 Å². The molecule has 3 N–H and O–H groups in total. The van der Waals surface area contributed by atoms with Crippen molar-refractivity contribution in [3.8, 4) is 11.5 Å². The fourth-order valence-corrected chi connectivity index (χ4v) is 3.41. The standard InChI is InChI=1S/C23H39N3O3/c1-7-9-20-13-19(14-21(28-5)22(20)29-6)16-26-23(24-8-2)25-15-18(10-11-27)12-17(3)4/h7,13-14,17-18,27H,1,8-12,15-16H2,2-6H3,(H2,24,25,26). The number of hydrogen-bond acceptors (Lipinski definition) is 4. The molecule has 0 spiro atoms. The van der Waals surface area contributed by atoms with Crippen LogP contribution in [0.2, 0.25) is 0 Å². The van der Waals surface area contributed by atoms with Gasteiger partial charge in [0.2, 0.25) is 0 Å². The summed E-state index contributed by atoms with van der Waals surface area (Å²) in [4.78, 5) is 4.74. The van der Waals surface area contributed by atoms with E-state index in [0.717, 1.165) is 48.8 Å². The highest BCUT2D eigenvalue weighted by Crippen LogP contribution is 2.33. The largest absolute Gasteiger partial charge is 0.493 e. The molecule has 0 aromatic heterocycles. The average molecular weight is 406 g/mol. The molecule has 0 aliphatic heterocycles. The van der Waals surface area contributed by atoms with Gasteiger partial charge in [-0.25, -0.2) is 4.99 Å². The van der Waals surface area contributed by atoms with Gasteiger partial charge in [-0.1, -0.05) is 19.9 Å². The zero-order chi connectivity index (χ0) is 21.6. The third kappa shape index (κ3) is 8.77. The molecule has 0 saturated carbocycles. The zero-order valence-corrected chi connectivity index (χ0v) is 18.8. The quantitative estimate of drug-likeness (QED) is 0.266. The van der Waals surface area contributed by atoms with E-state index in [-0.39, 0.29) is 6.61 Å². The van der Waals surface area contributed by atoms with E-state index in [2.05, 4.69) is 44.1 Å². The number of guanidine groups is 1. The van der Waals surface area contributed by atoms with Gasteiger partial charge < -0.3 is 25.2 Å². The molecule has 29 heavy (non-hydrogen) atoms. The van der Waals surface area contributed by atoms with Crippen LogP contribution in [0.15, 0.2) is 29.8 Å². The van der Waals surface area contributed by atoms with Crippen molar-refractivity contribution in [1.82, 2.24) is 10.6 Å². The summed E-state index contributed by atoms with van der Waals surface area (Å²) in [6.07, 6.45) is 4.43. The molecule has 0 aliphatic carbocycles. The lowest BCUT2D eigenvalue weighted by Crippen LogP contribution is -2.40. The zero-order valence-electron chi connectivity index (χ0n) is 18.8. The van der Waals surface area contributed by atoms with Gasteiger partial charge in [0, 0.05) is 25.3 Å². The lowest BCUT2D eigenvalue weighted by atomic mass is 9.94. The van der Waals surface area contributed by atoms with Gasteiger partial charge in [0.1, 0.15) is 0 Å². The van der Waals surface area contributed by atoms with E-state index in [1.165, 1.54) is 0 Å². The van der Waals surface area contributed by atoms with Crippen LogP contribution in [0.1, 0.15) is 44.7 Å². The number of aliphatic hydroxyl groups excluding tert-OH is 1. The molecule has 0 radical (unpaired) electrons. The molecule has 0 fully saturated rings. The number of allylic oxidation sites excluding steroid dienone is 1. The Morgan fingerprint density at radius 2 is 2.00 bits per heavy atom. The van der Waals surface area contributed by atoms with Crippen LogP contribution in [0.25, 0.3) is 0 Å². The molecule has 164 valence electrons. The molecule has 0 aliphatic rings. The highest BCUT2D eigenvalue weighted by molar-refractivity contribution is 5.79. The molecule has 1 atom stereocenters. The molecular weight excluding hydrogens is 366 g/mol. The summed E-state index contributed by atoms with van der Waals surface area (Å²) < 4.78 is 11.0. The molecule has 1 aromatic carbocycles. The molecule has 0 saturated heterocycles. The Morgan fingerprint density at radius 1 is 1.24 bits per heavy atom. The minimum absolute atomic E-state index is 0.213. The first-order valence-electron chi connectivity index (χ1n) is 10.5. The van der Waals surface area contributed by atoms with E-state index in [1.807, 2.05) is 12.1 Å². The van der Waals surface area contributed by atoms with E-state index in [4.69, 9.17) is 14.5 Å². The molecule has 0 bridgehead atoms. The number of ether oxygens (including phenoxy) is 2. The normalized spacial score (nSPS) is 12.6. The fourth-order valence-electron chi connectivity index (χ4n) is 3.41. The molecule has 6 nitrogen and oxygen atoms in total. The van der Waals surface area contributed by atoms with Crippen molar-refractivity contribution >= 4 is 5.96 Å². The Hall–Kier alpha value is -2.21. The van der Waals surface area contributed by atoms with E-state index >= 15 is 0 Å². The summed E-state index contributed by atoms with van der Waals surface area (Å²) in [5, 5.41) is 16.1. The van der Waals surface area contributed by atoms with Crippen molar-refractivity contribution in [3.05, 3.63) is 35.9 Å². The Kier molecular flexibility index (Phi) is 11.9. The van der Waals surface area contributed by atoms with E-state index < -0.39 is 0 Å². The van der Waals surface area contributed by atoms with Crippen molar-refractivity contribution in [2.24, 2.45) is 16.8 Å². The van der Waals surface area contributed by atoms with Gasteiger partial charge in [-0.05, 0) is 55.7 Å². The third-order valence-electron chi connectivity index (χ3n) is 4.64. The van der Waals surface area contributed by atoms with Crippen molar-refractivity contribution in [2.45, 2.75) is 46.6 Å². The van der Waals surface area contributed by atoms with Crippen molar-refractivity contribution in [3.63, 3.8) is 0 Å². The van der Waals surface area contributed by atoms with E-state index in [9.17, 15) is 5.11 Å². The number of benzene rings is 1. The summed E-state index contributed by atoms with van der Waals surface area (Å²) in [5.41, 5.74) is 2.08. The Balaban J connectivity index is 2.94. The monoisotopic (exact) mass is 405 g/mol. The maximum Gasteiger partial charge on any atom is 0.191 e. The molecule has 1 unspecified atom stereocenters. The smallest absolute Gasteiger partial charge is 0.191 e. The summed E-state index contributed by atoms with van der Waals surface area (Å²) in [5.74, 6) is 3.24. The number of methoxy groups -OCH3 is 2. The summed E-state index contributed by atoms with van der Waals surface area (Å²) in [6, 6.07) is 4.05. The maximum atomic E-state index is 9.33. The number of aliphatic hydroxyl groups is 1. The van der Waals surface area contributed by atoms with Crippen molar-refractivity contribution in [1.29, 1.82) is 0 Å². The minimum Gasteiger partial charge on any atom is -0.493 e. The predicted octanol–water partition coefficient (Wildman–Crippen LogP) is 3.53. The van der Waals surface area contributed by atoms with E-state index in [0.29, 0.717) is 30.6 Å². The van der Waals surface area contributed by atoms with Gasteiger partial charge in [0.05, 0.1) is 20.8 Å². The lowest BCUT2D eigenvalue weighted by molar-refractivity contribution is 0.243. The second-order valence-electron chi connectivity index (χ2n) is 7.57. The average Bonchev–Trinajstić information content (AvgIpc) is 2.69. The second-order valence-corrected chi connectivity index (χ2v) is 7.57. The van der Waals surface area contributed by atoms with Gasteiger partial charge in [-0.15, -0.1) is 6.58 Å². The number of nitrogens with one attached hydrogen (secondary N) is 2. The Bertz CT molecular complexity index is 645. The molecule has 1 aromatic rings. The van der Waals surface area contributed by atoms with Crippen molar-refractivity contribution in [2.75, 3.05) is 33.9 Å². The topological polar surface area (TPSA) is 75.1 Å². The molecular formula is C23H39N3O3. The number of nitrogens with zero attached hydrogens (tertiary/aromatic N) is 1. The first kappa shape index (κ1) is 24.8. The maximum absolute atomic E-state index is 9.33. The van der Waals surface area contributed by atoms with Gasteiger partial charge >= 0.3 is 0 Å². The predicted molar refractivity (Wildman–Crippen MR) is 121 cm³/mol. The highest BCUT2D eigenvalue weighted by Gasteiger charge is 2.13. The summed E-state index contributed by atoms with van der Waals surface area (Å²) in [6.45, 7) is 12.6. The first-order chi connectivity index (χ1) is 14.0. The van der Waals surface area contributed by atoms with Crippen LogP contribution in [0, 0.1) is 11.8 Å². The van der Waals surface area contributed by atoms with Gasteiger partial charge in [0.25, 0.3) is 0 Å². The number of aliphatic imine (C=N–C) groups is 1. The lowest BCUT2D eigenvalue weighted by Gasteiger charge is -2.20. The number of rotatable bonds is 13. The number of hydrogen-bond donors (Lipinski definition) is 3. The summed E-state index contributed by atoms with van der Waals surface area (Å²) >= 11 is 0. The second kappa shape index (κ2) is 13.9. The van der Waals surface area contributed by atoms with Crippen LogP contribution in [-0.2, 0) is 13.0 Å². The van der Waals surface area contributed by atoms with Gasteiger partial charge in [0.15, 0.2) is 17.5 Å². The Morgan fingerprint density at radius 3 is 2.55 bits per heavy atom. The van der Waals surface area contributed by atoms with Crippen LogP contribution >= 0.6 is 0 Å².